The van der Waals surface area contributed by atoms with Gasteiger partial charge in [0.05, 0.1) is 12.5 Å². The van der Waals surface area contributed by atoms with Gasteiger partial charge in [0.1, 0.15) is 30.4 Å². The second kappa shape index (κ2) is 14.7. The van der Waals surface area contributed by atoms with Crippen molar-refractivity contribution in [2.75, 3.05) is 46.4 Å². The molecular weight excluding hydrogens is 530 g/mol. The molecule has 0 spiro atoms. The lowest BCUT2D eigenvalue weighted by Gasteiger charge is -2.52. The van der Waals surface area contributed by atoms with Crippen molar-refractivity contribution in [2.45, 2.75) is 56.3 Å². The average molecular weight is 574 g/mol. The molecule has 2 atom stereocenters. The van der Waals surface area contributed by atoms with Crippen molar-refractivity contribution in [3.8, 4) is 5.75 Å². The average Bonchev–Trinajstić information content (AvgIpc) is 3.48. The number of aliphatic hydroxyl groups is 1. The van der Waals surface area contributed by atoms with Crippen LogP contribution in [-0.2, 0) is 16.1 Å². The fourth-order valence-electron chi connectivity index (χ4n) is 6.59. The molecule has 1 aliphatic heterocycles. The number of ether oxygens (including phenoxy) is 2. The van der Waals surface area contributed by atoms with Crippen LogP contribution in [0.25, 0.3) is 12.2 Å². The van der Waals surface area contributed by atoms with E-state index >= 15 is 0 Å². The molecule has 8 nitrogen and oxygen atoms in total. The molecule has 1 saturated heterocycles. The van der Waals surface area contributed by atoms with Crippen LogP contribution < -0.4 is 4.74 Å². The number of hydrogen-bond donors (Lipinski definition) is 1. The Balaban J connectivity index is 1.12. The molecule has 5 rings (SSSR count). The minimum Gasteiger partial charge on any atom is -0.491 e. The number of carbonyl (C=O) groups is 1. The first-order valence-corrected chi connectivity index (χ1v) is 15.1. The lowest BCUT2D eigenvalue weighted by molar-refractivity contribution is -0.114. The van der Waals surface area contributed by atoms with Gasteiger partial charge in [0.15, 0.2) is 5.76 Å². The molecule has 1 aromatic heterocycles. The highest BCUT2D eigenvalue weighted by atomic mass is 16.5. The van der Waals surface area contributed by atoms with Gasteiger partial charge in [-0.05, 0) is 42.2 Å². The number of aromatic nitrogens is 1. The standard InChI is InChI=1S/C34H43N3O5/c1-40-25-29-22-32(42-35-29)14-13-27-9-8-12-31(21-27)41-26-30(39)23-36-17-19-37(20-18-36)34(15-6-3-7-16-34)33(24-38)28-10-4-2-5-11-28/h2,4-5,8-14,21-22,24,30,33,39H,3,6-7,15-20,23,25-26H2,1H3/b14-13+. The largest absolute Gasteiger partial charge is 0.491 e. The number of β-amino-alcohol motifs (C(OH)–C–C–N with tert-alkyl or cyclic N) is 1. The maximum Gasteiger partial charge on any atom is 0.160 e. The number of nitrogens with zero attached hydrogens (tertiary/aromatic N) is 3. The Labute approximate surface area is 248 Å². The van der Waals surface area contributed by atoms with Crippen molar-refractivity contribution in [2.24, 2.45) is 0 Å². The minimum atomic E-state index is -0.597. The van der Waals surface area contributed by atoms with Gasteiger partial charge < -0.3 is 23.9 Å². The maximum absolute atomic E-state index is 12.5. The number of aliphatic hydroxyl groups excluding tert-OH is 1. The van der Waals surface area contributed by atoms with Crippen LogP contribution in [0.15, 0.2) is 65.2 Å². The third-order valence-electron chi connectivity index (χ3n) is 8.67. The van der Waals surface area contributed by atoms with Crippen LogP contribution in [0.5, 0.6) is 5.75 Å². The van der Waals surface area contributed by atoms with Gasteiger partial charge in [0, 0.05) is 51.4 Å². The van der Waals surface area contributed by atoms with E-state index in [1.807, 2.05) is 60.7 Å². The highest BCUT2D eigenvalue weighted by Crippen LogP contribution is 2.44. The molecule has 2 aromatic carbocycles. The third-order valence-corrected chi connectivity index (χ3v) is 8.67. The first-order chi connectivity index (χ1) is 20.6. The van der Waals surface area contributed by atoms with E-state index in [4.69, 9.17) is 14.0 Å². The first-order valence-electron chi connectivity index (χ1n) is 15.1. The van der Waals surface area contributed by atoms with Crippen molar-refractivity contribution < 1.29 is 23.9 Å². The van der Waals surface area contributed by atoms with Crippen LogP contribution in [0.2, 0.25) is 0 Å². The summed E-state index contributed by atoms with van der Waals surface area (Å²) in [6.45, 7) is 4.73. The number of benzene rings is 2. The van der Waals surface area contributed by atoms with E-state index in [2.05, 4.69) is 27.1 Å². The molecule has 1 saturated carbocycles. The van der Waals surface area contributed by atoms with E-state index < -0.39 is 6.10 Å². The molecule has 8 heteroatoms. The third kappa shape index (κ3) is 7.55. The zero-order valence-corrected chi connectivity index (χ0v) is 24.6. The fourth-order valence-corrected chi connectivity index (χ4v) is 6.59. The Bertz CT molecular complexity index is 1280. The highest BCUT2D eigenvalue weighted by Gasteiger charge is 2.46. The summed E-state index contributed by atoms with van der Waals surface area (Å²) >= 11 is 0. The Hall–Kier alpha value is -3.30. The van der Waals surface area contributed by atoms with E-state index in [-0.39, 0.29) is 18.1 Å². The van der Waals surface area contributed by atoms with Crippen LogP contribution in [-0.4, -0.2) is 84.4 Å². The molecule has 2 aliphatic rings. The molecule has 0 amide bonds. The second-order valence-corrected chi connectivity index (χ2v) is 11.5. The van der Waals surface area contributed by atoms with Gasteiger partial charge in [0.25, 0.3) is 0 Å². The molecule has 0 radical (unpaired) electrons. The van der Waals surface area contributed by atoms with E-state index in [0.29, 0.717) is 24.7 Å². The number of hydrogen-bond acceptors (Lipinski definition) is 8. The molecule has 3 aromatic rings. The molecule has 0 bridgehead atoms. The lowest BCUT2D eigenvalue weighted by atomic mass is 9.69. The maximum atomic E-state index is 12.5. The predicted octanol–water partition coefficient (Wildman–Crippen LogP) is 5.03. The lowest BCUT2D eigenvalue weighted by Crippen LogP contribution is -2.61. The summed E-state index contributed by atoms with van der Waals surface area (Å²) in [5.41, 5.74) is 2.71. The fraction of sp³-hybridized carbons (Fsp3) is 0.471. The van der Waals surface area contributed by atoms with Crippen LogP contribution in [0.1, 0.15) is 60.6 Å². The molecule has 2 unspecified atom stereocenters. The highest BCUT2D eigenvalue weighted by molar-refractivity contribution is 5.68. The van der Waals surface area contributed by atoms with Crippen molar-refractivity contribution in [1.82, 2.24) is 15.0 Å². The molecule has 2 fully saturated rings. The van der Waals surface area contributed by atoms with Gasteiger partial charge in [-0.25, -0.2) is 0 Å². The van der Waals surface area contributed by atoms with Gasteiger partial charge in [-0.2, -0.15) is 0 Å². The quantitative estimate of drug-likeness (QED) is 0.285. The van der Waals surface area contributed by atoms with Crippen molar-refractivity contribution in [3.63, 3.8) is 0 Å². The molecule has 42 heavy (non-hydrogen) atoms. The Morgan fingerprint density at radius 3 is 2.52 bits per heavy atom. The van der Waals surface area contributed by atoms with E-state index in [1.54, 1.807) is 7.11 Å². The summed E-state index contributed by atoms with van der Waals surface area (Å²) in [5.74, 6) is 1.25. The summed E-state index contributed by atoms with van der Waals surface area (Å²) in [7, 11) is 1.62. The van der Waals surface area contributed by atoms with Crippen molar-refractivity contribution in [1.29, 1.82) is 0 Å². The molecule has 2 heterocycles. The van der Waals surface area contributed by atoms with E-state index in [9.17, 15) is 9.90 Å². The molecule has 224 valence electrons. The van der Waals surface area contributed by atoms with Gasteiger partial charge in [-0.1, -0.05) is 73.0 Å². The SMILES string of the molecule is COCc1cc(/C=C/c2cccc(OCC(O)CN3CCN(C4(C(C=O)c5ccccc5)CCCCC4)CC3)c2)on1. The number of rotatable bonds is 13. The normalized spacial score (nSPS) is 19.5. The smallest absolute Gasteiger partial charge is 0.160 e. The molecular formula is C34H43N3O5. The Kier molecular flexibility index (Phi) is 10.6. The summed E-state index contributed by atoms with van der Waals surface area (Å²) < 4.78 is 16.3. The van der Waals surface area contributed by atoms with Crippen LogP contribution in [0.3, 0.4) is 0 Å². The van der Waals surface area contributed by atoms with Gasteiger partial charge >= 0.3 is 0 Å². The summed E-state index contributed by atoms with van der Waals surface area (Å²) in [5, 5.41) is 14.8. The number of piperazine rings is 1. The minimum absolute atomic E-state index is 0.112. The zero-order valence-electron chi connectivity index (χ0n) is 24.6. The summed E-state index contributed by atoms with van der Waals surface area (Å²) in [6.07, 6.45) is 10.1. The Morgan fingerprint density at radius 2 is 1.79 bits per heavy atom. The van der Waals surface area contributed by atoms with E-state index in [1.165, 1.54) is 25.5 Å². The summed E-state index contributed by atoms with van der Waals surface area (Å²) in [6, 6.07) is 19.9. The predicted molar refractivity (Wildman–Crippen MR) is 163 cm³/mol. The van der Waals surface area contributed by atoms with Crippen LogP contribution in [0, 0.1) is 0 Å². The van der Waals surface area contributed by atoms with Gasteiger partial charge in [-0.15, -0.1) is 0 Å². The van der Waals surface area contributed by atoms with Gasteiger partial charge in [-0.3, -0.25) is 9.80 Å². The Morgan fingerprint density at radius 1 is 1.00 bits per heavy atom. The molecule has 1 aliphatic carbocycles. The van der Waals surface area contributed by atoms with Crippen molar-refractivity contribution in [3.05, 3.63) is 83.2 Å². The number of carbonyl (C=O) groups excluding carboxylic acids is 1. The second-order valence-electron chi connectivity index (χ2n) is 11.5. The van der Waals surface area contributed by atoms with Crippen molar-refractivity contribution >= 4 is 18.4 Å². The van der Waals surface area contributed by atoms with Crippen LogP contribution >= 0.6 is 0 Å². The monoisotopic (exact) mass is 573 g/mol. The zero-order chi connectivity index (χ0) is 29.2. The van der Waals surface area contributed by atoms with Crippen LogP contribution in [0.4, 0.5) is 0 Å². The summed E-state index contributed by atoms with van der Waals surface area (Å²) in [4.78, 5) is 17.4. The number of aldehydes is 1. The van der Waals surface area contributed by atoms with Gasteiger partial charge in [0.2, 0.25) is 0 Å². The number of methoxy groups -OCH3 is 1. The topological polar surface area (TPSA) is 88.3 Å². The molecule has 1 N–H and O–H groups in total. The van der Waals surface area contributed by atoms with E-state index in [0.717, 1.165) is 55.8 Å². The first kappa shape index (κ1) is 30.2.